The van der Waals surface area contributed by atoms with Crippen molar-refractivity contribution < 1.29 is 9.53 Å². The third-order valence-corrected chi connectivity index (χ3v) is 3.22. The van der Waals surface area contributed by atoms with Gasteiger partial charge in [-0.3, -0.25) is 4.79 Å². The molecule has 0 aromatic carbocycles. The van der Waals surface area contributed by atoms with E-state index in [9.17, 15) is 4.79 Å². The number of nitrogens with one attached hydrogen (secondary N) is 1. The van der Waals surface area contributed by atoms with Gasteiger partial charge in [0.1, 0.15) is 0 Å². The van der Waals surface area contributed by atoms with Crippen molar-refractivity contribution >= 4 is 5.78 Å². The van der Waals surface area contributed by atoms with Crippen LogP contribution in [0.2, 0.25) is 0 Å². The highest BCUT2D eigenvalue weighted by Gasteiger charge is 2.18. The highest BCUT2D eigenvalue weighted by molar-refractivity contribution is 5.93. The van der Waals surface area contributed by atoms with Crippen LogP contribution >= 0.6 is 0 Å². The number of ether oxygens (including phenoxy) is 1. The van der Waals surface area contributed by atoms with Crippen LogP contribution in [0, 0.1) is 5.92 Å². The number of hydrogen-bond donors (Lipinski definition) is 1. The summed E-state index contributed by atoms with van der Waals surface area (Å²) in [5.74, 6) is 1.55. The maximum Gasteiger partial charge on any atom is 0.197 e. The van der Waals surface area contributed by atoms with E-state index in [-0.39, 0.29) is 5.78 Å². The number of ketones is 1. The van der Waals surface area contributed by atoms with Gasteiger partial charge in [-0.2, -0.15) is 0 Å². The van der Waals surface area contributed by atoms with Crippen LogP contribution < -0.4 is 5.32 Å². The predicted molar refractivity (Wildman–Crippen MR) is 58.5 cm³/mol. The molecule has 2 aliphatic heterocycles. The van der Waals surface area contributed by atoms with Crippen LogP contribution in [0.4, 0.5) is 0 Å². The molecule has 0 aliphatic carbocycles. The number of carbonyl (C=O) groups excluding carboxylic acids is 1. The van der Waals surface area contributed by atoms with E-state index in [1.54, 1.807) is 0 Å². The SMILES string of the molecule is O=C(CCC1CCNCC1)C1=CCCO1. The normalized spacial score (nSPS) is 22.3. The van der Waals surface area contributed by atoms with E-state index in [1.807, 2.05) is 6.08 Å². The summed E-state index contributed by atoms with van der Waals surface area (Å²) in [5, 5.41) is 3.34. The van der Waals surface area contributed by atoms with Gasteiger partial charge in [-0.05, 0) is 44.3 Å². The van der Waals surface area contributed by atoms with Crippen molar-refractivity contribution in [3.63, 3.8) is 0 Å². The summed E-state index contributed by atoms with van der Waals surface area (Å²) in [6.45, 7) is 2.91. The summed E-state index contributed by atoms with van der Waals surface area (Å²) >= 11 is 0. The molecule has 2 rings (SSSR count). The fourth-order valence-electron chi connectivity index (χ4n) is 2.24. The minimum absolute atomic E-state index is 0.200. The van der Waals surface area contributed by atoms with Gasteiger partial charge in [0, 0.05) is 12.8 Å². The Balaban J connectivity index is 1.70. The van der Waals surface area contributed by atoms with Crippen molar-refractivity contribution in [1.82, 2.24) is 5.32 Å². The molecule has 0 spiro atoms. The molecule has 15 heavy (non-hydrogen) atoms. The van der Waals surface area contributed by atoms with Crippen LogP contribution in [-0.4, -0.2) is 25.5 Å². The zero-order valence-electron chi connectivity index (χ0n) is 9.13. The van der Waals surface area contributed by atoms with Crippen molar-refractivity contribution in [1.29, 1.82) is 0 Å². The molecule has 0 unspecified atom stereocenters. The number of carbonyl (C=O) groups is 1. The average Bonchev–Trinajstić information content (AvgIpc) is 2.81. The summed E-state index contributed by atoms with van der Waals surface area (Å²) in [5.41, 5.74) is 0. The Morgan fingerprint density at radius 2 is 2.27 bits per heavy atom. The van der Waals surface area contributed by atoms with Gasteiger partial charge in [0.05, 0.1) is 6.61 Å². The summed E-state index contributed by atoms with van der Waals surface area (Å²) < 4.78 is 5.25. The molecule has 3 heteroatoms. The molecule has 0 aromatic rings. The van der Waals surface area contributed by atoms with E-state index >= 15 is 0 Å². The van der Waals surface area contributed by atoms with Crippen molar-refractivity contribution in [2.45, 2.75) is 32.1 Å². The standard InChI is InChI=1S/C12H19NO2/c14-11(12-2-1-9-15-12)4-3-10-5-7-13-8-6-10/h2,10,13H,1,3-9H2. The second-order valence-corrected chi connectivity index (χ2v) is 4.36. The largest absolute Gasteiger partial charge is 0.490 e. The molecule has 1 fully saturated rings. The molecule has 0 saturated carbocycles. The van der Waals surface area contributed by atoms with Gasteiger partial charge in [0.2, 0.25) is 0 Å². The highest BCUT2D eigenvalue weighted by Crippen LogP contribution is 2.20. The Hall–Kier alpha value is -0.830. The number of Topliss-reactive ketones (excluding diaryl/α,β-unsaturated/α-hetero) is 1. The third-order valence-electron chi connectivity index (χ3n) is 3.22. The lowest BCUT2D eigenvalue weighted by Crippen LogP contribution is -2.28. The first-order valence-corrected chi connectivity index (χ1v) is 5.93. The van der Waals surface area contributed by atoms with Gasteiger partial charge in [-0.1, -0.05) is 0 Å². The molecule has 0 bridgehead atoms. The lowest BCUT2D eigenvalue weighted by atomic mass is 9.92. The fourth-order valence-corrected chi connectivity index (χ4v) is 2.24. The maximum absolute atomic E-state index is 11.7. The molecule has 0 radical (unpaired) electrons. The zero-order valence-corrected chi connectivity index (χ0v) is 9.13. The Morgan fingerprint density at radius 1 is 1.47 bits per heavy atom. The van der Waals surface area contributed by atoms with Crippen molar-refractivity contribution in [3.8, 4) is 0 Å². The molecule has 3 nitrogen and oxygen atoms in total. The van der Waals surface area contributed by atoms with Crippen LogP contribution in [0.1, 0.15) is 32.1 Å². The van der Waals surface area contributed by atoms with Crippen LogP contribution in [0.25, 0.3) is 0 Å². The molecule has 1 saturated heterocycles. The van der Waals surface area contributed by atoms with E-state index in [0.29, 0.717) is 18.8 Å². The Bertz CT molecular complexity index is 254. The summed E-state index contributed by atoms with van der Waals surface area (Å²) in [6.07, 6.45) is 6.94. The number of piperidine rings is 1. The van der Waals surface area contributed by atoms with Crippen LogP contribution in [-0.2, 0) is 9.53 Å². The molecular weight excluding hydrogens is 190 g/mol. The van der Waals surface area contributed by atoms with Crippen LogP contribution in [0.3, 0.4) is 0 Å². The quantitative estimate of drug-likeness (QED) is 0.765. The number of rotatable bonds is 4. The third kappa shape index (κ3) is 3.06. The van der Waals surface area contributed by atoms with Gasteiger partial charge >= 0.3 is 0 Å². The summed E-state index contributed by atoms with van der Waals surface area (Å²) in [6, 6.07) is 0. The molecule has 1 N–H and O–H groups in total. The lowest BCUT2D eigenvalue weighted by Gasteiger charge is -2.22. The van der Waals surface area contributed by atoms with E-state index in [1.165, 1.54) is 12.8 Å². The monoisotopic (exact) mass is 209 g/mol. The topological polar surface area (TPSA) is 38.3 Å². The second-order valence-electron chi connectivity index (χ2n) is 4.36. The van der Waals surface area contributed by atoms with Gasteiger partial charge in [0.25, 0.3) is 0 Å². The Labute approximate surface area is 90.9 Å². The maximum atomic E-state index is 11.7. The predicted octanol–water partition coefficient (Wildman–Crippen LogP) is 1.64. The molecule has 84 valence electrons. The summed E-state index contributed by atoms with van der Waals surface area (Å²) in [7, 11) is 0. The Kier molecular flexibility index (Phi) is 3.78. The lowest BCUT2D eigenvalue weighted by molar-refractivity contribution is -0.118. The fraction of sp³-hybridized carbons (Fsp3) is 0.750. The highest BCUT2D eigenvalue weighted by atomic mass is 16.5. The van der Waals surface area contributed by atoms with E-state index in [2.05, 4.69) is 5.32 Å². The van der Waals surface area contributed by atoms with Gasteiger partial charge in [0.15, 0.2) is 11.5 Å². The minimum atomic E-state index is 0.200. The smallest absolute Gasteiger partial charge is 0.197 e. The summed E-state index contributed by atoms with van der Waals surface area (Å²) in [4.78, 5) is 11.7. The van der Waals surface area contributed by atoms with Crippen molar-refractivity contribution in [2.75, 3.05) is 19.7 Å². The first kappa shape index (κ1) is 10.7. The van der Waals surface area contributed by atoms with E-state index in [4.69, 9.17) is 4.74 Å². The number of allylic oxidation sites excluding steroid dienone is 1. The van der Waals surface area contributed by atoms with Gasteiger partial charge < -0.3 is 10.1 Å². The van der Waals surface area contributed by atoms with Gasteiger partial charge in [-0.15, -0.1) is 0 Å². The minimum Gasteiger partial charge on any atom is -0.490 e. The van der Waals surface area contributed by atoms with Crippen molar-refractivity contribution in [3.05, 3.63) is 11.8 Å². The molecular formula is C12H19NO2. The molecule has 0 atom stereocenters. The molecule has 2 aliphatic rings. The first-order chi connectivity index (χ1) is 7.36. The van der Waals surface area contributed by atoms with E-state index < -0.39 is 0 Å². The molecule has 0 amide bonds. The first-order valence-electron chi connectivity index (χ1n) is 5.93. The van der Waals surface area contributed by atoms with Crippen LogP contribution in [0.5, 0.6) is 0 Å². The van der Waals surface area contributed by atoms with Crippen LogP contribution in [0.15, 0.2) is 11.8 Å². The second kappa shape index (κ2) is 5.31. The molecule has 0 aromatic heterocycles. The number of hydrogen-bond acceptors (Lipinski definition) is 3. The molecule has 2 heterocycles. The van der Waals surface area contributed by atoms with Gasteiger partial charge in [-0.25, -0.2) is 0 Å². The zero-order chi connectivity index (χ0) is 10.5. The Morgan fingerprint density at radius 3 is 2.93 bits per heavy atom. The average molecular weight is 209 g/mol. The van der Waals surface area contributed by atoms with Crippen molar-refractivity contribution in [2.24, 2.45) is 5.92 Å². The van der Waals surface area contributed by atoms with E-state index in [0.717, 1.165) is 31.8 Å².